The molecule has 0 bridgehead atoms. The van der Waals surface area contributed by atoms with Gasteiger partial charge in [0.1, 0.15) is 0 Å². The van der Waals surface area contributed by atoms with E-state index < -0.39 is 11.5 Å². The van der Waals surface area contributed by atoms with Gasteiger partial charge in [0.2, 0.25) is 0 Å². The Bertz CT molecular complexity index is 1010. The first-order valence-corrected chi connectivity index (χ1v) is 8.39. The van der Waals surface area contributed by atoms with E-state index in [1.807, 2.05) is 48.1 Å². The number of fused-ring (bicyclic) bond motifs is 1. The van der Waals surface area contributed by atoms with Gasteiger partial charge in [-0.1, -0.05) is 29.8 Å². The number of carbonyl (C=O) groups is 2. The highest BCUT2D eigenvalue weighted by molar-refractivity contribution is 6.09. The zero-order valence-electron chi connectivity index (χ0n) is 14.3. The minimum Gasteiger partial charge on any atom is -0.375 e. The predicted octanol–water partition coefficient (Wildman–Crippen LogP) is 3.20. The number of nitrogens with one attached hydrogen (secondary N) is 1. The van der Waals surface area contributed by atoms with Gasteiger partial charge in [-0.3, -0.25) is 9.59 Å². The van der Waals surface area contributed by atoms with Crippen molar-refractivity contribution in [2.75, 3.05) is 5.32 Å². The highest BCUT2D eigenvalue weighted by Crippen LogP contribution is 2.39. The third-order valence-electron chi connectivity index (χ3n) is 4.73. The lowest BCUT2D eigenvalue weighted by molar-refractivity contribution is -0.133. The molecule has 0 fully saturated rings. The number of hydrogen-bond donors (Lipinski definition) is 2. The molecule has 1 atom stereocenters. The largest absolute Gasteiger partial charge is 0.375 e. The summed E-state index contributed by atoms with van der Waals surface area (Å²) in [7, 11) is 0. The summed E-state index contributed by atoms with van der Waals surface area (Å²) in [6.07, 6.45) is 3.48. The van der Waals surface area contributed by atoms with Crippen LogP contribution in [-0.4, -0.2) is 21.4 Å². The van der Waals surface area contributed by atoms with Crippen LogP contribution in [0.2, 0.25) is 0 Å². The molecular weight excluding hydrogens is 328 g/mol. The molecule has 0 unspecified atom stereocenters. The first kappa shape index (κ1) is 16.3. The van der Waals surface area contributed by atoms with Crippen molar-refractivity contribution in [2.45, 2.75) is 18.9 Å². The van der Waals surface area contributed by atoms with Gasteiger partial charge < -0.3 is 15.0 Å². The molecule has 1 aliphatic rings. The SMILES string of the molecule is Cc1ccc2c(c1)[C@](O)(CC(=O)c1cccc(-n3cccc3)c1)C(=O)N2. The van der Waals surface area contributed by atoms with Crippen molar-refractivity contribution in [1.82, 2.24) is 4.57 Å². The standard InChI is InChI=1S/C21H18N2O3/c1-14-7-8-18-17(11-14)21(26,20(25)22-18)13-19(24)15-5-4-6-16(12-15)23-9-2-3-10-23/h2-12,26H,13H2,1H3,(H,22,25)/t21-/m1/s1. The maximum Gasteiger partial charge on any atom is 0.261 e. The van der Waals surface area contributed by atoms with E-state index >= 15 is 0 Å². The molecular formula is C21H18N2O3. The third-order valence-corrected chi connectivity index (χ3v) is 4.73. The molecule has 0 spiro atoms. The van der Waals surface area contributed by atoms with Gasteiger partial charge >= 0.3 is 0 Å². The Hall–Kier alpha value is -3.18. The van der Waals surface area contributed by atoms with Gasteiger partial charge in [0.25, 0.3) is 5.91 Å². The lowest BCUT2D eigenvalue weighted by Gasteiger charge is -2.20. The smallest absolute Gasteiger partial charge is 0.261 e. The summed E-state index contributed by atoms with van der Waals surface area (Å²) in [5.74, 6) is -0.848. The third kappa shape index (κ3) is 2.62. The van der Waals surface area contributed by atoms with Crippen LogP contribution in [0.3, 0.4) is 0 Å². The highest BCUT2D eigenvalue weighted by Gasteiger charge is 2.46. The van der Waals surface area contributed by atoms with Crippen LogP contribution in [0, 0.1) is 6.92 Å². The van der Waals surface area contributed by atoms with Crippen molar-refractivity contribution >= 4 is 17.4 Å². The van der Waals surface area contributed by atoms with Crippen molar-refractivity contribution < 1.29 is 14.7 Å². The van der Waals surface area contributed by atoms with E-state index in [4.69, 9.17) is 0 Å². The van der Waals surface area contributed by atoms with Gasteiger partial charge in [-0.25, -0.2) is 0 Å². The molecule has 26 heavy (non-hydrogen) atoms. The van der Waals surface area contributed by atoms with Gasteiger partial charge in [0.15, 0.2) is 11.4 Å². The predicted molar refractivity (Wildman–Crippen MR) is 98.4 cm³/mol. The fourth-order valence-corrected chi connectivity index (χ4v) is 3.31. The quantitative estimate of drug-likeness (QED) is 0.713. The van der Waals surface area contributed by atoms with Crippen LogP contribution in [0.15, 0.2) is 67.0 Å². The van der Waals surface area contributed by atoms with Crippen molar-refractivity contribution in [2.24, 2.45) is 0 Å². The maximum atomic E-state index is 12.8. The Morgan fingerprint density at radius 3 is 2.65 bits per heavy atom. The molecule has 0 aliphatic carbocycles. The number of benzene rings is 2. The zero-order chi connectivity index (χ0) is 18.3. The van der Waals surface area contributed by atoms with Gasteiger partial charge in [0, 0.05) is 34.9 Å². The van der Waals surface area contributed by atoms with Gasteiger partial charge in [-0.2, -0.15) is 0 Å². The number of amides is 1. The van der Waals surface area contributed by atoms with Crippen LogP contribution in [0.1, 0.15) is 27.9 Å². The summed E-state index contributed by atoms with van der Waals surface area (Å²) in [6, 6.07) is 16.3. The lowest BCUT2D eigenvalue weighted by atomic mass is 9.87. The number of hydrogen-bond acceptors (Lipinski definition) is 3. The number of aliphatic hydroxyl groups is 1. The number of aryl methyl sites for hydroxylation is 1. The van der Waals surface area contributed by atoms with Gasteiger partial charge in [0.05, 0.1) is 6.42 Å². The molecule has 2 aromatic carbocycles. The minimum atomic E-state index is -1.85. The summed E-state index contributed by atoms with van der Waals surface area (Å²) >= 11 is 0. The first-order chi connectivity index (χ1) is 12.5. The molecule has 2 N–H and O–H groups in total. The minimum absolute atomic E-state index is 0.286. The number of rotatable bonds is 4. The Morgan fingerprint density at radius 1 is 1.12 bits per heavy atom. The molecule has 4 rings (SSSR count). The summed E-state index contributed by atoms with van der Waals surface area (Å²) < 4.78 is 1.90. The summed E-state index contributed by atoms with van der Waals surface area (Å²) in [5, 5.41) is 13.6. The second kappa shape index (κ2) is 5.97. The molecule has 1 amide bonds. The monoisotopic (exact) mass is 346 g/mol. The molecule has 1 aromatic heterocycles. The van der Waals surface area contributed by atoms with Crippen molar-refractivity contribution in [3.05, 3.63) is 83.7 Å². The molecule has 2 heterocycles. The average molecular weight is 346 g/mol. The van der Waals surface area contributed by atoms with E-state index in [-0.39, 0.29) is 12.2 Å². The maximum absolute atomic E-state index is 12.8. The fraction of sp³-hybridized carbons (Fsp3) is 0.143. The summed E-state index contributed by atoms with van der Waals surface area (Å²) in [6.45, 7) is 1.88. The Balaban J connectivity index is 1.66. The lowest BCUT2D eigenvalue weighted by Crippen LogP contribution is -2.36. The highest BCUT2D eigenvalue weighted by atomic mass is 16.3. The second-order valence-electron chi connectivity index (χ2n) is 6.60. The van der Waals surface area contributed by atoms with E-state index in [1.54, 1.807) is 30.3 Å². The summed E-state index contributed by atoms with van der Waals surface area (Å²) in [4.78, 5) is 25.2. The Labute approximate surface area is 150 Å². The number of carbonyl (C=O) groups excluding carboxylic acids is 2. The summed E-state index contributed by atoms with van der Waals surface area (Å²) in [5.41, 5.74) is 1.38. The molecule has 5 heteroatoms. The van der Waals surface area contributed by atoms with Crippen LogP contribution in [-0.2, 0) is 10.4 Å². The van der Waals surface area contributed by atoms with E-state index in [0.717, 1.165) is 11.3 Å². The number of ketones is 1. The van der Waals surface area contributed by atoms with Crippen molar-refractivity contribution in [3.63, 3.8) is 0 Å². The molecule has 0 saturated heterocycles. The van der Waals surface area contributed by atoms with Crippen LogP contribution >= 0.6 is 0 Å². The number of aromatic nitrogens is 1. The molecule has 1 aliphatic heterocycles. The number of Topliss-reactive ketones (excluding diaryl/α,β-unsaturated/α-hetero) is 1. The van der Waals surface area contributed by atoms with Gasteiger partial charge in [-0.15, -0.1) is 0 Å². The average Bonchev–Trinajstić information content (AvgIpc) is 3.24. The Kier molecular flexibility index (Phi) is 3.74. The Morgan fingerprint density at radius 2 is 1.88 bits per heavy atom. The van der Waals surface area contributed by atoms with Gasteiger partial charge in [-0.05, 0) is 37.3 Å². The van der Waals surface area contributed by atoms with Crippen LogP contribution in [0.5, 0.6) is 0 Å². The number of anilines is 1. The van der Waals surface area contributed by atoms with Crippen LogP contribution in [0.4, 0.5) is 5.69 Å². The zero-order valence-corrected chi connectivity index (χ0v) is 14.3. The van der Waals surface area contributed by atoms with E-state index in [0.29, 0.717) is 16.8 Å². The topological polar surface area (TPSA) is 71.3 Å². The van der Waals surface area contributed by atoms with Crippen molar-refractivity contribution in [1.29, 1.82) is 0 Å². The molecule has 0 radical (unpaired) electrons. The van der Waals surface area contributed by atoms with Crippen molar-refractivity contribution in [3.8, 4) is 5.69 Å². The van der Waals surface area contributed by atoms with Crippen LogP contribution in [0.25, 0.3) is 5.69 Å². The second-order valence-corrected chi connectivity index (χ2v) is 6.60. The molecule has 0 saturated carbocycles. The fourth-order valence-electron chi connectivity index (χ4n) is 3.31. The number of nitrogens with zero attached hydrogens (tertiary/aromatic N) is 1. The molecule has 5 nitrogen and oxygen atoms in total. The molecule has 3 aromatic rings. The van der Waals surface area contributed by atoms with E-state index in [9.17, 15) is 14.7 Å². The molecule has 130 valence electrons. The normalized spacial score (nSPS) is 18.5. The van der Waals surface area contributed by atoms with E-state index in [2.05, 4.69) is 5.32 Å². The first-order valence-electron chi connectivity index (χ1n) is 8.39. The van der Waals surface area contributed by atoms with Crippen LogP contribution < -0.4 is 5.32 Å². The van der Waals surface area contributed by atoms with E-state index in [1.165, 1.54) is 0 Å².